The topological polar surface area (TPSA) is 71.1 Å². The summed E-state index contributed by atoms with van der Waals surface area (Å²) in [6, 6.07) is 11.5. The van der Waals surface area contributed by atoms with Gasteiger partial charge in [-0.3, -0.25) is 14.6 Å². The maximum Gasteiger partial charge on any atom is 0.256 e. The van der Waals surface area contributed by atoms with Crippen molar-refractivity contribution >= 4 is 28.4 Å². The van der Waals surface area contributed by atoms with Crippen LogP contribution in [0, 0.1) is 13.8 Å². The molecule has 2 amide bonds. The van der Waals surface area contributed by atoms with Crippen LogP contribution in [-0.2, 0) is 12.8 Å². The third-order valence-corrected chi connectivity index (χ3v) is 5.73. The van der Waals surface area contributed by atoms with Gasteiger partial charge in [0, 0.05) is 28.9 Å². The number of hydrogen-bond acceptors (Lipinski definition) is 3. The molecule has 0 saturated carbocycles. The zero-order valence-corrected chi connectivity index (χ0v) is 17.8. The van der Waals surface area contributed by atoms with E-state index < -0.39 is 0 Å². The van der Waals surface area contributed by atoms with Gasteiger partial charge in [-0.2, -0.15) is 0 Å². The molecule has 3 aromatic rings. The molecule has 1 aliphatic rings. The molecule has 2 N–H and O–H groups in total. The summed E-state index contributed by atoms with van der Waals surface area (Å²) in [6.45, 7) is 6.40. The molecular formula is C25H27N3O2. The van der Waals surface area contributed by atoms with Crippen molar-refractivity contribution in [1.29, 1.82) is 0 Å². The number of pyridine rings is 1. The summed E-state index contributed by atoms with van der Waals surface area (Å²) in [5, 5.41) is 6.78. The number of benzene rings is 2. The number of amides is 2. The monoisotopic (exact) mass is 401 g/mol. The van der Waals surface area contributed by atoms with Crippen LogP contribution in [0.25, 0.3) is 10.9 Å². The fraction of sp³-hybridized carbons (Fsp3) is 0.320. The van der Waals surface area contributed by atoms with Gasteiger partial charge in [0.25, 0.3) is 11.8 Å². The molecule has 4 rings (SSSR count). The van der Waals surface area contributed by atoms with Crippen LogP contribution in [0.15, 0.2) is 36.4 Å². The minimum absolute atomic E-state index is 0.137. The standard InChI is InChI=1S/C25H27N3O2/c1-4-26-24(29)17-11-10-16(3)22(14-17)28-25(30)23-18-7-5-6-8-20(18)27-21-12-9-15(2)13-19(21)23/h9-14H,4-8H2,1-3H3,(H,26,29)(H,28,30). The van der Waals surface area contributed by atoms with Gasteiger partial charge in [0.05, 0.1) is 11.1 Å². The SMILES string of the molecule is CCNC(=O)c1ccc(C)c(NC(=O)c2c3c(nc4ccc(C)cc24)CCCC3)c1. The van der Waals surface area contributed by atoms with Crippen molar-refractivity contribution in [3.63, 3.8) is 0 Å². The Morgan fingerprint density at radius 1 is 1.00 bits per heavy atom. The Balaban J connectivity index is 1.78. The number of hydrogen-bond donors (Lipinski definition) is 2. The van der Waals surface area contributed by atoms with Crippen LogP contribution in [0.2, 0.25) is 0 Å². The van der Waals surface area contributed by atoms with E-state index in [1.807, 2.05) is 45.0 Å². The van der Waals surface area contributed by atoms with E-state index in [0.717, 1.165) is 64.5 Å². The highest BCUT2D eigenvalue weighted by Gasteiger charge is 2.23. The lowest BCUT2D eigenvalue weighted by Gasteiger charge is -2.21. The first-order valence-corrected chi connectivity index (χ1v) is 10.6. The van der Waals surface area contributed by atoms with Crippen LogP contribution in [0.5, 0.6) is 0 Å². The second-order valence-corrected chi connectivity index (χ2v) is 7.98. The predicted molar refractivity (Wildman–Crippen MR) is 120 cm³/mol. The molecule has 0 saturated heterocycles. The second kappa shape index (κ2) is 8.27. The van der Waals surface area contributed by atoms with Gasteiger partial charge in [0.2, 0.25) is 0 Å². The van der Waals surface area contributed by atoms with Crippen LogP contribution in [-0.4, -0.2) is 23.3 Å². The third-order valence-electron chi connectivity index (χ3n) is 5.73. The van der Waals surface area contributed by atoms with Crippen molar-refractivity contribution in [2.75, 3.05) is 11.9 Å². The van der Waals surface area contributed by atoms with Gasteiger partial charge in [0.15, 0.2) is 0 Å². The van der Waals surface area contributed by atoms with Gasteiger partial charge in [-0.15, -0.1) is 0 Å². The number of anilines is 1. The number of aryl methyl sites for hydroxylation is 3. The summed E-state index contributed by atoms with van der Waals surface area (Å²) < 4.78 is 0. The Kier molecular flexibility index (Phi) is 5.53. The molecule has 0 fully saturated rings. The summed E-state index contributed by atoms with van der Waals surface area (Å²) in [4.78, 5) is 30.6. The molecule has 0 spiro atoms. The number of fused-ring (bicyclic) bond motifs is 2. The van der Waals surface area contributed by atoms with Gasteiger partial charge in [-0.1, -0.05) is 17.7 Å². The first-order chi connectivity index (χ1) is 14.5. The van der Waals surface area contributed by atoms with E-state index in [9.17, 15) is 9.59 Å². The van der Waals surface area contributed by atoms with E-state index >= 15 is 0 Å². The highest BCUT2D eigenvalue weighted by atomic mass is 16.2. The molecule has 0 atom stereocenters. The molecule has 1 heterocycles. The van der Waals surface area contributed by atoms with Crippen LogP contribution in [0.4, 0.5) is 5.69 Å². The van der Waals surface area contributed by atoms with Crippen LogP contribution in [0.1, 0.15) is 62.9 Å². The van der Waals surface area contributed by atoms with Gasteiger partial charge < -0.3 is 10.6 Å². The summed E-state index contributed by atoms with van der Waals surface area (Å²) in [5.74, 6) is -0.280. The van der Waals surface area contributed by atoms with Gasteiger partial charge >= 0.3 is 0 Å². The fourth-order valence-corrected chi connectivity index (χ4v) is 4.14. The Morgan fingerprint density at radius 2 is 1.80 bits per heavy atom. The minimum Gasteiger partial charge on any atom is -0.352 e. The Morgan fingerprint density at radius 3 is 2.60 bits per heavy atom. The molecule has 154 valence electrons. The lowest BCUT2D eigenvalue weighted by molar-refractivity contribution is 0.0954. The number of nitrogens with one attached hydrogen (secondary N) is 2. The van der Waals surface area contributed by atoms with Crippen molar-refractivity contribution < 1.29 is 9.59 Å². The highest BCUT2D eigenvalue weighted by molar-refractivity contribution is 6.14. The highest BCUT2D eigenvalue weighted by Crippen LogP contribution is 2.31. The first-order valence-electron chi connectivity index (χ1n) is 10.6. The molecular weight excluding hydrogens is 374 g/mol. The van der Waals surface area contributed by atoms with Crippen LogP contribution in [0.3, 0.4) is 0 Å². The zero-order chi connectivity index (χ0) is 21.3. The fourth-order valence-electron chi connectivity index (χ4n) is 4.14. The average Bonchev–Trinajstić information content (AvgIpc) is 2.73. The number of carbonyl (C=O) groups is 2. The average molecular weight is 402 g/mol. The Hall–Kier alpha value is -3.21. The summed E-state index contributed by atoms with van der Waals surface area (Å²) in [6.07, 6.45) is 3.95. The van der Waals surface area contributed by atoms with Gasteiger partial charge in [-0.25, -0.2) is 0 Å². The second-order valence-electron chi connectivity index (χ2n) is 7.98. The summed E-state index contributed by atoms with van der Waals surface area (Å²) in [5.41, 5.74) is 6.90. The summed E-state index contributed by atoms with van der Waals surface area (Å²) >= 11 is 0. The Labute approximate surface area is 176 Å². The molecule has 0 unspecified atom stereocenters. The van der Waals surface area contributed by atoms with Crippen molar-refractivity contribution in [2.45, 2.75) is 46.5 Å². The normalized spacial score (nSPS) is 13.0. The van der Waals surface area contributed by atoms with Gasteiger partial charge in [-0.05, 0) is 81.8 Å². The molecule has 1 aliphatic carbocycles. The van der Waals surface area contributed by atoms with E-state index in [1.165, 1.54) is 0 Å². The summed E-state index contributed by atoms with van der Waals surface area (Å²) in [7, 11) is 0. The van der Waals surface area contributed by atoms with E-state index in [1.54, 1.807) is 12.1 Å². The number of nitrogens with zero attached hydrogens (tertiary/aromatic N) is 1. The van der Waals surface area contributed by atoms with Crippen LogP contribution >= 0.6 is 0 Å². The molecule has 2 aromatic carbocycles. The van der Waals surface area contributed by atoms with E-state index in [-0.39, 0.29) is 11.8 Å². The van der Waals surface area contributed by atoms with Crippen molar-refractivity contribution in [3.8, 4) is 0 Å². The lowest BCUT2D eigenvalue weighted by atomic mass is 9.89. The largest absolute Gasteiger partial charge is 0.352 e. The number of carbonyl (C=O) groups excluding carboxylic acids is 2. The van der Waals surface area contributed by atoms with E-state index in [4.69, 9.17) is 4.98 Å². The molecule has 30 heavy (non-hydrogen) atoms. The third kappa shape index (κ3) is 3.80. The van der Waals surface area contributed by atoms with Crippen LogP contribution < -0.4 is 10.6 Å². The minimum atomic E-state index is -0.143. The molecule has 5 heteroatoms. The van der Waals surface area contributed by atoms with Gasteiger partial charge in [0.1, 0.15) is 0 Å². The predicted octanol–water partition coefficient (Wildman–Crippen LogP) is 4.73. The molecule has 0 bridgehead atoms. The maximum absolute atomic E-state index is 13.5. The van der Waals surface area contributed by atoms with E-state index in [2.05, 4.69) is 10.6 Å². The zero-order valence-electron chi connectivity index (χ0n) is 17.8. The maximum atomic E-state index is 13.5. The quantitative estimate of drug-likeness (QED) is 0.664. The molecule has 5 nitrogen and oxygen atoms in total. The number of rotatable bonds is 4. The Bertz CT molecular complexity index is 1150. The van der Waals surface area contributed by atoms with Crippen molar-refractivity contribution in [1.82, 2.24) is 10.3 Å². The number of aromatic nitrogens is 1. The van der Waals surface area contributed by atoms with E-state index in [0.29, 0.717) is 17.8 Å². The van der Waals surface area contributed by atoms with Crippen molar-refractivity contribution in [2.24, 2.45) is 0 Å². The first kappa shape index (κ1) is 20.1. The molecule has 1 aromatic heterocycles. The molecule has 0 radical (unpaired) electrons. The lowest BCUT2D eigenvalue weighted by Crippen LogP contribution is -2.23. The van der Waals surface area contributed by atoms with Crippen molar-refractivity contribution in [3.05, 3.63) is 69.9 Å². The molecule has 0 aliphatic heterocycles. The smallest absolute Gasteiger partial charge is 0.256 e.